The van der Waals surface area contributed by atoms with Crippen LogP contribution in [0.25, 0.3) is 0 Å². The third-order valence-electron chi connectivity index (χ3n) is 9.89. The highest BCUT2D eigenvalue weighted by atomic mass is 16.6. The number of carbonyl (C=O) groups excluding carboxylic acids is 1. The third-order valence-corrected chi connectivity index (χ3v) is 9.89. The van der Waals surface area contributed by atoms with Gasteiger partial charge in [0.05, 0.1) is 18.8 Å². The zero-order valence-electron chi connectivity index (χ0n) is 33.5. The van der Waals surface area contributed by atoms with Gasteiger partial charge >= 0.3 is 6.09 Å². The molecule has 1 fully saturated rings. The summed E-state index contributed by atoms with van der Waals surface area (Å²) in [5, 5.41) is 0. The van der Waals surface area contributed by atoms with E-state index < -0.39 is 0 Å². The minimum Gasteiger partial charge on any atom is -0.444 e. The summed E-state index contributed by atoms with van der Waals surface area (Å²) < 4.78 is 18.5. The van der Waals surface area contributed by atoms with E-state index in [-0.39, 0.29) is 31.6 Å². The van der Waals surface area contributed by atoms with Crippen molar-refractivity contribution in [1.82, 2.24) is 4.90 Å². The van der Waals surface area contributed by atoms with Crippen LogP contribution >= 0.6 is 0 Å². The molecule has 0 bridgehead atoms. The Labute approximate surface area is 320 Å². The van der Waals surface area contributed by atoms with Gasteiger partial charge in [0.15, 0.2) is 0 Å². The van der Waals surface area contributed by atoms with Gasteiger partial charge in [0.1, 0.15) is 13.3 Å². The van der Waals surface area contributed by atoms with E-state index in [9.17, 15) is 4.79 Å². The molecule has 1 aliphatic rings. The predicted octanol–water partition coefficient (Wildman–Crippen LogP) is 14.0. The van der Waals surface area contributed by atoms with E-state index in [1.165, 1.54) is 116 Å². The van der Waals surface area contributed by atoms with Crippen molar-refractivity contribution >= 4 is 6.09 Å². The Morgan fingerprint density at radius 3 is 1.60 bits per heavy atom. The van der Waals surface area contributed by atoms with Crippen LogP contribution in [0.15, 0.2) is 78.9 Å². The summed E-state index contributed by atoms with van der Waals surface area (Å²) in [5.74, 6) is 0. The quantitative estimate of drug-likeness (QED) is 0.0587. The van der Waals surface area contributed by atoms with Crippen LogP contribution in [0.5, 0.6) is 0 Å². The fourth-order valence-corrected chi connectivity index (χ4v) is 6.59. The molecule has 1 aromatic rings. The number of benzene rings is 1. The van der Waals surface area contributed by atoms with E-state index >= 15 is 0 Å². The monoisotopic (exact) mass is 720 g/mol. The molecular weight excluding hydrogens is 643 g/mol. The summed E-state index contributed by atoms with van der Waals surface area (Å²) in [6.07, 6.45) is 47.6. The van der Waals surface area contributed by atoms with Crippen molar-refractivity contribution in [2.24, 2.45) is 0 Å². The summed E-state index contributed by atoms with van der Waals surface area (Å²) in [4.78, 5) is 14.6. The fourth-order valence-electron chi connectivity index (χ4n) is 6.59. The molecule has 294 valence electrons. The lowest BCUT2D eigenvalue weighted by molar-refractivity contribution is -0.131. The maximum absolute atomic E-state index is 12.9. The Kier molecular flexibility index (Phi) is 29.9. The minimum atomic E-state index is -0.338. The number of ether oxygens (including phenoxy) is 3. The van der Waals surface area contributed by atoms with Crippen LogP contribution in [0.1, 0.15) is 174 Å². The van der Waals surface area contributed by atoms with Crippen LogP contribution in [0.2, 0.25) is 0 Å². The molecule has 5 heteroatoms. The standard InChI is InChI=1S/C47H77NO4/c1-3-5-7-9-11-13-15-17-19-21-23-25-27-29-34-38-45-46(39-35-30-28-26-24-22-20-18-16-14-12-10-8-6-4-2)52-43-48(40-41-50-45)47(49)51-42-44-36-32-31-33-37-44/h11-14,17-20,31-33,36-37,45-46H,3-10,15-16,21-30,34-35,38-43H2,1-2H3/b13-11-,14-12-,19-17-,20-18-. The molecule has 1 saturated heterocycles. The second-order valence-electron chi connectivity index (χ2n) is 14.6. The van der Waals surface area contributed by atoms with Crippen LogP contribution in [0.3, 0.4) is 0 Å². The van der Waals surface area contributed by atoms with Crippen molar-refractivity contribution in [3.63, 3.8) is 0 Å². The SMILES string of the molecule is CCCCC/C=C\C/C=C\CCCCCCCC1OCCN(C(=O)OCc2ccccc2)COC1CCCCCCC/C=C\C/C=C\CCCCC. The zero-order chi connectivity index (χ0) is 37.0. The number of hydrogen-bond acceptors (Lipinski definition) is 4. The Morgan fingerprint density at radius 2 is 1.08 bits per heavy atom. The van der Waals surface area contributed by atoms with Gasteiger partial charge in [-0.1, -0.05) is 170 Å². The van der Waals surface area contributed by atoms with E-state index in [1.807, 2.05) is 30.3 Å². The third kappa shape index (κ3) is 25.4. The van der Waals surface area contributed by atoms with Crippen LogP contribution < -0.4 is 0 Å². The normalized spacial score (nSPS) is 17.2. The Balaban J connectivity index is 1.68. The summed E-state index contributed by atoms with van der Waals surface area (Å²) in [6, 6.07) is 9.83. The molecule has 0 N–H and O–H groups in total. The lowest BCUT2D eigenvalue weighted by Crippen LogP contribution is -2.44. The maximum Gasteiger partial charge on any atom is 0.412 e. The average molecular weight is 720 g/mol. The lowest BCUT2D eigenvalue weighted by atomic mass is 9.99. The van der Waals surface area contributed by atoms with Gasteiger partial charge < -0.3 is 14.2 Å². The molecule has 0 radical (unpaired) electrons. The summed E-state index contributed by atoms with van der Waals surface area (Å²) in [5.41, 5.74) is 0.983. The Morgan fingerprint density at radius 1 is 0.615 bits per heavy atom. The number of amides is 1. The Bertz CT molecular complexity index is 1060. The number of hydrogen-bond donors (Lipinski definition) is 0. The number of unbranched alkanes of at least 4 members (excludes halogenated alkanes) is 16. The van der Waals surface area contributed by atoms with Crippen molar-refractivity contribution in [3.05, 3.63) is 84.5 Å². The van der Waals surface area contributed by atoms with Crippen LogP contribution in [0, 0.1) is 0 Å². The molecule has 2 rings (SSSR count). The minimum absolute atomic E-state index is 0.00788. The molecule has 2 atom stereocenters. The zero-order valence-corrected chi connectivity index (χ0v) is 33.5. The average Bonchev–Trinajstić information content (AvgIpc) is 3.16. The molecule has 0 saturated carbocycles. The van der Waals surface area contributed by atoms with E-state index in [0.29, 0.717) is 13.2 Å². The van der Waals surface area contributed by atoms with Crippen molar-refractivity contribution in [2.45, 2.75) is 187 Å². The maximum atomic E-state index is 12.9. The largest absolute Gasteiger partial charge is 0.444 e. The molecular formula is C47H77NO4. The first kappa shape index (κ1) is 45.5. The number of nitrogens with zero attached hydrogens (tertiary/aromatic N) is 1. The lowest BCUT2D eigenvalue weighted by Gasteiger charge is -2.34. The van der Waals surface area contributed by atoms with Gasteiger partial charge in [-0.2, -0.15) is 0 Å². The molecule has 5 nitrogen and oxygen atoms in total. The van der Waals surface area contributed by atoms with E-state index in [2.05, 4.69) is 62.5 Å². The van der Waals surface area contributed by atoms with Gasteiger partial charge in [0.25, 0.3) is 0 Å². The molecule has 1 heterocycles. The Hall–Kier alpha value is -2.63. The van der Waals surface area contributed by atoms with Crippen molar-refractivity contribution in [3.8, 4) is 0 Å². The molecule has 1 aromatic carbocycles. The number of allylic oxidation sites excluding steroid dienone is 8. The number of carbonyl (C=O) groups is 1. The molecule has 0 spiro atoms. The smallest absolute Gasteiger partial charge is 0.412 e. The summed E-state index contributed by atoms with van der Waals surface area (Å²) >= 11 is 0. The van der Waals surface area contributed by atoms with E-state index in [0.717, 1.165) is 44.1 Å². The first-order valence-electron chi connectivity index (χ1n) is 21.5. The highest BCUT2D eigenvalue weighted by Gasteiger charge is 2.28. The second-order valence-corrected chi connectivity index (χ2v) is 14.6. The second kappa shape index (κ2) is 34.2. The molecule has 0 aliphatic carbocycles. The molecule has 1 amide bonds. The van der Waals surface area contributed by atoms with Gasteiger partial charge in [-0.15, -0.1) is 0 Å². The number of rotatable bonds is 30. The predicted molar refractivity (Wildman–Crippen MR) is 222 cm³/mol. The van der Waals surface area contributed by atoms with Crippen LogP contribution in [-0.2, 0) is 20.8 Å². The van der Waals surface area contributed by atoms with Crippen molar-refractivity contribution in [2.75, 3.05) is 19.9 Å². The summed E-state index contributed by atoms with van der Waals surface area (Å²) in [6.45, 7) is 6.06. The van der Waals surface area contributed by atoms with Crippen LogP contribution in [-0.4, -0.2) is 43.1 Å². The highest BCUT2D eigenvalue weighted by molar-refractivity contribution is 5.67. The van der Waals surface area contributed by atoms with E-state index in [1.54, 1.807) is 4.90 Å². The molecule has 0 aromatic heterocycles. The van der Waals surface area contributed by atoms with Gasteiger partial charge in [-0.05, 0) is 82.6 Å². The van der Waals surface area contributed by atoms with Crippen molar-refractivity contribution < 1.29 is 19.0 Å². The van der Waals surface area contributed by atoms with Gasteiger partial charge in [-0.3, -0.25) is 4.90 Å². The summed E-state index contributed by atoms with van der Waals surface area (Å²) in [7, 11) is 0. The van der Waals surface area contributed by atoms with Gasteiger partial charge in [0, 0.05) is 6.54 Å². The van der Waals surface area contributed by atoms with E-state index in [4.69, 9.17) is 14.2 Å². The van der Waals surface area contributed by atoms with Crippen LogP contribution in [0.4, 0.5) is 4.79 Å². The first-order valence-corrected chi connectivity index (χ1v) is 21.5. The highest BCUT2D eigenvalue weighted by Crippen LogP contribution is 2.22. The molecule has 52 heavy (non-hydrogen) atoms. The van der Waals surface area contributed by atoms with Gasteiger partial charge in [0.2, 0.25) is 0 Å². The first-order chi connectivity index (χ1) is 25.7. The van der Waals surface area contributed by atoms with Gasteiger partial charge in [-0.25, -0.2) is 4.79 Å². The molecule has 2 unspecified atom stereocenters. The van der Waals surface area contributed by atoms with Crippen molar-refractivity contribution in [1.29, 1.82) is 0 Å². The fraction of sp³-hybridized carbons (Fsp3) is 0.681. The molecule has 1 aliphatic heterocycles. The topological polar surface area (TPSA) is 48.0 Å².